The second-order valence-corrected chi connectivity index (χ2v) is 5.60. The molecule has 64 valence electrons. The van der Waals surface area contributed by atoms with Gasteiger partial charge in [0.1, 0.15) is 0 Å². The summed E-state index contributed by atoms with van der Waals surface area (Å²) in [5.41, 5.74) is -0.530. The maximum Gasteiger partial charge on any atom is 0.0757 e. The average Bonchev–Trinajstić information content (AvgIpc) is 2.38. The summed E-state index contributed by atoms with van der Waals surface area (Å²) in [5, 5.41) is 11.4. The Hall–Kier alpha value is 0.270. The molecule has 2 aliphatic heterocycles. The molecule has 0 bridgehead atoms. The minimum atomic E-state index is -0.530. The molecule has 11 heavy (non-hydrogen) atoms. The number of nitrogens with zero attached hydrogens (tertiary/aromatic N) is 1. The lowest BCUT2D eigenvalue weighted by atomic mass is 9.97. The third-order valence-corrected chi connectivity index (χ3v) is 3.98. The number of fused-ring (bicyclic) bond motifs is 1. The van der Waals surface area contributed by atoms with Crippen molar-refractivity contribution in [1.29, 1.82) is 0 Å². The number of hydrogen-bond donors (Lipinski definition) is 1. The maximum atomic E-state index is 9.83. The summed E-state index contributed by atoms with van der Waals surface area (Å²) in [6, 6.07) is 0.373. The normalized spacial score (nSPS) is 44.2. The highest BCUT2D eigenvalue weighted by molar-refractivity contribution is 8.07. The van der Waals surface area contributed by atoms with Crippen molar-refractivity contribution in [2.45, 2.75) is 36.0 Å². The van der Waals surface area contributed by atoms with Gasteiger partial charge >= 0.3 is 0 Å². The monoisotopic (exact) mass is 173 g/mol. The fraction of sp³-hybridized carbons (Fsp3) is 1.00. The van der Waals surface area contributed by atoms with Crippen LogP contribution in [-0.4, -0.2) is 45.7 Å². The molecule has 1 N–H and O–H groups in total. The van der Waals surface area contributed by atoms with Crippen molar-refractivity contribution < 1.29 is 5.11 Å². The van der Waals surface area contributed by atoms with Gasteiger partial charge in [0.15, 0.2) is 0 Å². The third-order valence-electron chi connectivity index (χ3n) is 2.60. The molecule has 0 aromatic carbocycles. The van der Waals surface area contributed by atoms with Crippen molar-refractivity contribution in [1.82, 2.24) is 4.90 Å². The van der Waals surface area contributed by atoms with Crippen molar-refractivity contribution in [2.24, 2.45) is 0 Å². The zero-order valence-corrected chi connectivity index (χ0v) is 8.06. The van der Waals surface area contributed by atoms with Crippen LogP contribution in [0.2, 0.25) is 0 Å². The molecule has 3 unspecified atom stereocenters. The Kier molecular flexibility index (Phi) is 1.54. The highest BCUT2D eigenvalue weighted by Crippen LogP contribution is 2.52. The van der Waals surface area contributed by atoms with Gasteiger partial charge in [-0.15, -0.1) is 11.8 Å². The van der Waals surface area contributed by atoms with E-state index < -0.39 is 5.60 Å². The lowest BCUT2D eigenvalue weighted by Gasteiger charge is -2.32. The van der Waals surface area contributed by atoms with Crippen LogP contribution in [-0.2, 0) is 0 Å². The van der Waals surface area contributed by atoms with Crippen LogP contribution >= 0.6 is 11.8 Å². The standard InChI is InChI=1S/C8H15NOS/c1-8(2,10)7-6-5(11-6)4-9(7)3/h5-7,10H,4H2,1-3H3. The highest BCUT2D eigenvalue weighted by Gasteiger charge is 2.56. The highest BCUT2D eigenvalue weighted by atomic mass is 32.2. The van der Waals surface area contributed by atoms with Crippen LogP contribution in [0.25, 0.3) is 0 Å². The zero-order chi connectivity index (χ0) is 8.22. The fourth-order valence-electron chi connectivity index (χ4n) is 2.17. The van der Waals surface area contributed by atoms with Gasteiger partial charge in [-0.2, -0.15) is 0 Å². The Bertz CT molecular complexity index is 175. The number of likely N-dealkylation sites (tertiary alicyclic amines) is 1. The van der Waals surface area contributed by atoms with Gasteiger partial charge in [0, 0.05) is 17.0 Å². The number of hydrogen-bond acceptors (Lipinski definition) is 3. The Morgan fingerprint density at radius 3 is 2.45 bits per heavy atom. The van der Waals surface area contributed by atoms with Crippen LogP contribution in [0.15, 0.2) is 0 Å². The molecule has 0 aromatic rings. The number of rotatable bonds is 1. The van der Waals surface area contributed by atoms with E-state index in [0.717, 1.165) is 11.8 Å². The predicted octanol–water partition coefficient (Wildman–Crippen LogP) is 0.555. The van der Waals surface area contributed by atoms with E-state index in [1.54, 1.807) is 0 Å². The largest absolute Gasteiger partial charge is 0.389 e. The van der Waals surface area contributed by atoms with Gasteiger partial charge in [-0.1, -0.05) is 0 Å². The molecular formula is C8H15NOS. The van der Waals surface area contributed by atoms with Crippen molar-refractivity contribution in [3.63, 3.8) is 0 Å². The fourth-order valence-corrected chi connectivity index (χ4v) is 3.73. The topological polar surface area (TPSA) is 23.5 Å². The molecular weight excluding hydrogens is 158 g/mol. The van der Waals surface area contributed by atoms with E-state index in [1.165, 1.54) is 0 Å². The Morgan fingerprint density at radius 1 is 1.55 bits per heavy atom. The summed E-state index contributed by atoms with van der Waals surface area (Å²) in [6.07, 6.45) is 0. The van der Waals surface area contributed by atoms with Gasteiger partial charge in [-0.3, -0.25) is 4.90 Å². The summed E-state index contributed by atoms with van der Waals surface area (Å²) in [7, 11) is 2.11. The summed E-state index contributed by atoms with van der Waals surface area (Å²) < 4.78 is 0. The van der Waals surface area contributed by atoms with Crippen molar-refractivity contribution in [3.05, 3.63) is 0 Å². The molecule has 3 heteroatoms. The molecule has 2 nitrogen and oxygen atoms in total. The first kappa shape index (κ1) is 7.90. The summed E-state index contributed by atoms with van der Waals surface area (Å²) >= 11 is 2.02. The number of thioether (sulfide) groups is 1. The van der Waals surface area contributed by atoms with E-state index in [4.69, 9.17) is 0 Å². The van der Waals surface area contributed by atoms with Crippen LogP contribution in [0.4, 0.5) is 0 Å². The molecule has 2 aliphatic rings. The van der Waals surface area contributed by atoms with Crippen molar-refractivity contribution in [2.75, 3.05) is 13.6 Å². The lowest BCUT2D eigenvalue weighted by Crippen LogP contribution is -2.47. The molecule has 2 heterocycles. The Morgan fingerprint density at radius 2 is 2.18 bits per heavy atom. The first-order chi connectivity index (χ1) is 5.00. The van der Waals surface area contributed by atoms with Crippen LogP contribution in [0.3, 0.4) is 0 Å². The van der Waals surface area contributed by atoms with E-state index >= 15 is 0 Å². The first-order valence-electron chi connectivity index (χ1n) is 4.08. The average molecular weight is 173 g/mol. The molecule has 0 aliphatic carbocycles. The maximum absolute atomic E-state index is 9.83. The second kappa shape index (κ2) is 2.15. The second-order valence-electron chi connectivity index (χ2n) is 4.18. The lowest BCUT2D eigenvalue weighted by molar-refractivity contribution is 0.00837. The summed E-state index contributed by atoms with van der Waals surface area (Å²) in [6.45, 7) is 4.98. The Balaban J connectivity index is 2.12. The van der Waals surface area contributed by atoms with Crippen molar-refractivity contribution >= 4 is 11.8 Å². The van der Waals surface area contributed by atoms with Gasteiger partial charge in [0.25, 0.3) is 0 Å². The molecule has 0 spiro atoms. The van der Waals surface area contributed by atoms with E-state index in [9.17, 15) is 5.11 Å². The molecule has 3 atom stereocenters. The predicted molar refractivity (Wildman–Crippen MR) is 47.9 cm³/mol. The first-order valence-corrected chi connectivity index (χ1v) is 5.02. The van der Waals surface area contributed by atoms with E-state index in [0.29, 0.717) is 11.3 Å². The SMILES string of the molecule is CN1CC2SC2C1C(C)(C)O. The molecule has 2 rings (SSSR count). The quantitative estimate of drug-likeness (QED) is 0.586. The minimum Gasteiger partial charge on any atom is -0.389 e. The summed E-state index contributed by atoms with van der Waals surface area (Å²) in [4.78, 5) is 2.28. The van der Waals surface area contributed by atoms with E-state index in [1.807, 2.05) is 25.6 Å². The molecule has 0 aromatic heterocycles. The van der Waals surface area contributed by atoms with Gasteiger partial charge in [0.05, 0.1) is 11.6 Å². The van der Waals surface area contributed by atoms with Crippen molar-refractivity contribution in [3.8, 4) is 0 Å². The number of aliphatic hydroxyl groups is 1. The van der Waals surface area contributed by atoms with Gasteiger partial charge < -0.3 is 5.11 Å². The van der Waals surface area contributed by atoms with E-state index in [-0.39, 0.29) is 0 Å². The van der Waals surface area contributed by atoms with E-state index in [2.05, 4.69) is 11.9 Å². The number of likely N-dealkylation sites (N-methyl/N-ethyl adjacent to an activating group) is 1. The van der Waals surface area contributed by atoms with Crippen LogP contribution in [0.5, 0.6) is 0 Å². The minimum absolute atomic E-state index is 0.373. The molecule has 0 saturated carbocycles. The molecule has 2 fully saturated rings. The Labute approximate surface area is 72.0 Å². The molecule has 2 saturated heterocycles. The van der Waals surface area contributed by atoms with Gasteiger partial charge in [-0.05, 0) is 20.9 Å². The van der Waals surface area contributed by atoms with Crippen LogP contribution in [0, 0.1) is 0 Å². The smallest absolute Gasteiger partial charge is 0.0757 e. The van der Waals surface area contributed by atoms with Crippen LogP contribution < -0.4 is 0 Å². The van der Waals surface area contributed by atoms with Gasteiger partial charge in [0.2, 0.25) is 0 Å². The van der Waals surface area contributed by atoms with Gasteiger partial charge in [-0.25, -0.2) is 0 Å². The summed E-state index contributed by atoms with van der Waals surface area (Å²) in [5.74, 6) is 0. The molecule has 0 radical (unpaired) electrons. The third kappa shape index (κ3) is 1.19. The molecule has 0 amide bonds. The zero-order valence-electron chi connectivity index (χ0n) is 7.24. The van der Waals surface area contributed by atoms with Crippen LogP contribution in [0.1, 0.15) is 13.8 Å².